The number of benzene rings is 1. The molecule has 0 unspecified atom stereocenters. The molecule has 0 spiro atoms. The van der Waals surface area contributed by atoms with Gasteiger partial charge in [0.2, 0.25) is 0 Å². The second-order valence-corrected chi connectivity index (χ2v) is 4.71. The highest BCUT2D eigenvalue weighted by Crippen LogP contribution is 2.45. The molecule has 0 aliphatic heterocycles. The molecule has 1 heterocycles. The van der Waals surface area contributed by atoms with E-state index in [4.69, 9.17) is 15.7 Å². The van der Waals surface area contributed by atoms with Gasteiger partial charge in [0.25, 0.3) is 5.56 Å². The summed E-state index contributed by atoms with van der Waals surface area (Å²) < 4.78 is 59.0. The molecule has 10 heteroatoms. The molecule has 0 atom stereocenters. The zero-order valence-electron chi connectivity index (χ0n) is 12.5. The molecule has 0 amide bonds. The van der Waals surface area contributed by atoms with E-state index in [0.29, 0.717) is 6.07 Å². The van der Waals surface area contributed by atoms with Crippen molar-refractivity contribution in [2.45, 2.75) is 6.18 Å². The molecule has 0 aliphatic carbocycles. The number of aromatic nitrogens is 1. The van der Waals surface area contributed by atoms with Crippen molar-refractivity contribution >= 4 is 5.82 Å². The molecule has 0 bridgehead atoms. The van der Waals surface area contributed by atoms with E-state index >= 15 is 0 Å². The maximum atomic E-state index is 14.0. The van der Waals surface area contributed by atoms with Crippen molar-refractivity contribution < 1.29 is 22.3 Å². The van der Waals surface area contributed by atoms with E-state index in [2.05, 4.69) is 0 Å². The lowest BCUT2D eigenvalue weighted by atomic mass is 9.91. The molecule has 25 heavy (non-hydrogen) atoms. The number of alkyl halides is 3. The highest BCUT2D eigenvalue weighted by molar-refractivity contribution is 5.86. The summed E-state index contributed by atoms with van der Waals surface area (Å²) in [7, 11) is 1.02. The molecule has 0 radical (unpaired) electrons. The molecular weight excluding hydrogens is 344 g/mol. The van der Waals surface area contributed by atoms with Crippen molar-refractivity contribution in [3.63, 3.8) is 0 Å². The predicted molar refractivity (Wildman–Crippen MR) is 77.9 cm³/mol. The van der Waals surface area contributed by atoms with E-state index in [9.17, 15) is 27.6 Å². The summed E-state index contributed by atoms with van der Waals surface area (Å²) in [5, 5.41) is 18.4. The number of aromatic amines is 1. The molecule has 6 nitrogen and oxygen atoms in total. The number of nitriles is 2. The number of H-pyrrole nitrogens is 1. The molecule has 0 aliphatic rings. The van der Waals surface area contributed by atoms with Crippen LogP contribution >= 0.6 is 0 Å². The van der Waals surface area contributed by atoms with Gasteiger partial charge in [0.15, 0.2) is 0 Å². The quantitative estimate of drug-likeness (QED) is 0.806. The van der Waals surface area contributed by atoms with Crippen LogP contribution in [0.1, 0.15) is 16.7 Å². The lowest BCUT2D eigenvalue weighted by Crippen LogP contribution is -2.19. The van der Waals surface area contributed by atoms with Crippen LogP contribution < -0.4 is 16.0 Å². The Balaban J connectivity index is 3.19. The average molecular weight is 352 g/mol. The summed E-state index contributed by atoms with van der Waals surface area (Å²) in [6.07, 6.45) is -5.19. The molecule has 128 valence electrons. The van der Waals surface area contributed by atoms with Gasteiger partial charge in [0.1, 0.15) is 46.2 Å². The van der Waals surface area contributed by atoms with Gasteiger partial charge in [-0.15, -0.1) is 0 Å². The number of anilines is 1. The molecule has 0 saturated heterocycles. The molecule has 3 N–H and O–H groups in total. The highest BCUT2D eigenvalue weighted by atomic mass is 19.4. The number of hydrogen-bond acceptors (Lipinski definition) is 5. The standard InChI is InChI=1S/C15H8F4N4O2/c1-25-9-3-2-8(16)12(15(17,18)19)11(9)10-6(4-20)13(22)23-14(24)7(10)5-21/h2-3H,1H3,(H3,22,23,24). The van der Waals surface area contributed by atoms with E-state index in [1.807, 2.05) is 4.98 Å². The van der Waals surface area contributed by atoms with Gasteiger partial charge in [-0.2, -0.15) is 23.7 Å². The number of rotatable bonds is 2. The SMILES string of the molecule is COc1ccc(F)c(C(F)(F)F)c1-c1c(C#N)c(N)[nH]c(=O)c1C#N. The van der Waals surface area contributed by atoms with Gasteiger partial charge in [-0.1, -0.05) is 0 Å². The fourth-order valence-electron chi connectivity index (χ4n) is 2.35. The summed E-state index contributed by atoms with van der Waals surface area (Å²) in [5.41, 5.74) is -0.521. The van der Waals surface area contributed by atoms with Crippen LogP contribution in [0, 0.1) is 28.5 Å². The lowest BCUT2D eigenvalue weighted by Gasteiger charge is -2.19. The van der Waals surface area contributed by atoms with Crippen LogP contribution in [0.5, 0.6) is 5.75 Å². The van der Waals surface area contributed by atoms with Crippen molar-refractivity contribution in [3.8, 4) is 29.0 Å². The second kappa shape index (κ2) is 6.17. The van der Waals surface area contributed by atoms with Crippen LogP contribution in [0.15, 0.2) is 16.9 Å². The number of nitrogen functional groups attached to an aromatic ring is 1. The maximum absolute atomic E-state index is 14.0. The lowest BCUT2D eigenvalue weighted by molar-refractivity contribution is -0.139. The Kier molecular flexibility index (Phi) is 4.40. The van der Waals surface area contributed by atoms with Crippen molar-refractivity contribution in [2.24, 2.45) is 0 Å². The first-order valence-electron chi connectivity index (χ1n) is 6.47. The highest BCUT2D eigenvalue weighted by Gasteiger charge is 2.40. The van der Waals surface area contributed by atoms with Crippen molar-refractivity contribution in [1.82, 2.24) is 4.98 Å². The summed E-state index contributed by atoms with van der Waals surface area (Å²) in [6, 6.07) is 4.36. The van der Waals surface area contributed by atoms with Gasteiger partial charge < -0.3 is 15.5 Å². The monoisotopic (exact) mass is 352 g/mol. The number of methoxy groups -OCH3 is 1. The number of nitrogens with one attached hydrogen (secondary N) is 1. The maximum Gasteiger partial charge on any atom is 0.419 e. The molecular formula is C15H8F4N4O2. The van der Waals surface area contributed by atoms with Crippen LogP contribution in [0.4, 0.5) is 23.4 Å². The smallest absolute Gasteiger partial charge is 0.419 e. The normalized spacial score (nSPS) is 10.8. The molecule has 1 aromatic carbocycles. The van der Waals surface area contributed by atoms with E-state index in [-0.39, 0.29) is 0 Å². The van der Waals surface area contributed by atoms with Crippen molar-refractivity contribution in [1.29, 1.82) is 10.5 Å². The summed E-state index contributed by atoms with van der Waals surface area (Å²) in [4.78, 5) is 13.9. The molecule has 0 saturated carbocycles. The van der Waals surface area contributed by atoms with E-state index in [1.165, 1.54) is 12.1 Å². The molecule has 0 fully saturated rings. The second-order valence-electron chi connectivity index (χ2n) is 4.71. The first kappa shape index (κ1) is 17.8. The van der Waals surface area contributed by atoms with Crippen LogP contribution in [0.2, 0.25) is 0 Å². The number of pyridine rings is 1. The van der Waals surface area contributed by atoms with Crippen LogP contribution in [0.3, 0.4) is 0 Å². The number of ether oxygens (including phenoxy) is 1. The number of nitrogens with two attached hydrogens (primary N) is 1. The van der Waals surface area contributed by atoms with E-state index in [0.717, 1.165) is 13.2 Å². The van der Waals surface area contributed by atoms with E-state index < -0.39 is 56.9 Å². The van der Waals surface area contributed by atoms with E-state index in [1.54, 1.807) is 0 Å². The minimum atomic E-state index is -5.19. The Labute approximate surface area is 137 Å². The van der Waals surface area contributed by atoms with Gasteiger partial charge in [0, 0.05) is 11.1 Å². The third-order valence-corrected chi connectivity index (χ3v) is 3.34. The number of nitrogens with zero attached hydrogens (tertiary/aromatic N) is 2. The Hall–Kier alpha value is -3.53. The van der Waals surface area contributed by atoms with Crippen LogP contribution in [-0.4, -0.2) is 12.1 Å². The predicted octanol–water partition coefficient (Wildman–Crippen LogP) is 2.53. The largest absolute Gasteiger partial charge is 0.496 e. The fourth-order valence-corrected chi connectivity index (χ4v) is 2.35. The van der Waals surface area contributed by atoms with Gasteiger partial charge in [-0.05, 0) is 12.1 Å². The molecule has 2 rings (SSSR count). The third kappa shape index (κ3) is 2.85. The van der Waals surface area contributed by atoms with Crippen LogP contribution in [0.25, 0.3) is 11.1 Å². The Morgan fingerprint density at radius 2 is 1.76 bits per heavy atom. The summed E-state index contributed by atoms with van der Waals surface area (Å²) >= 11 is 0. The van der Waals surface area contributed by atoms with Gasteiger partial charge in [-0.25, -0.2) is 4.39 Å². The van der Waals surface area contributed by atoms with Crippen molar-refractivity contribution in [3.05, 3.63) is 45.0 Å². The topological polar surface area (TPSA) is 116 Å². The van der Waals surface area contributed by atoms with Crippen LogP contribution in [-0.2, 0) is 6.18 Å². The molecule has 1 aromatic heterocycles. The minimum absolute atomic E-state index is 0.480. The van der Waals surface area contributed by atoms with Gasteiger partial charge in [-0.3, -0.25) is 4.79 Å². The fraction of sp³-hybridized carbons (Fsp3) is 0.133. The summed E-state index contributed by atoms with van der Waals surface area (Å²) in [5.74, 6) is -2.69. The number of halogens is 4. The minimum Gasteiger partial charge on any atom is -0.496 e. The Bertz CT molecular complexity index is 997. The van der Waals surface area contributed by atoms with Gasteiger partial charge >= 0.3 is 6.18 Å². The Morgan fingerprint density at radius 3 is 2.24 bits per heavy atom. The first-order valence-corrected chi connectivity index (χ1v) is 6.47. The zero-order valence-corrected chi connectivity index (χ0v) is 12.5. The third-order valence-electron chi connectivity index (χ3n) is 3.34. The molecule has 2 aromatic rings. The first-order chi connectivity index (χ1) is 11.7. The summed E-state index contributed by atoms with van der Waals surface area (Å²) in [6.45, 7) is 0. The number of hydrogen-bond donors (Lipinski definition) is 2. The zero-order chi connectivity index (χ0) is 18.9. The Morgan fingerprint density at radius 1 is 1.16 bits per heavy atom. The van der Waals surface area contributed by atoms with Crippen molar-refractivity contribution in [2.75, 3.05) is 12.8 Å². The van der Waals surface area contributed by atoms with Gasteiger partial charge in [0.05, 0.1) is 7.11 Å². The average Bonchev–Trinajstić information content (AvgIpc) is 2.52.